The lowest BCUT2D eigenvalue weighted by Gasteiger charge is -2.09. The number of carbonyl (C=O) groups is 1. The average Bonchev–Trinajstić information content (AvgIpc) is 3.09. The molecule has 0 unspecified atom stereocenters. The standard InChI is InChI=1S/C24H16FN3O2S/c1-14-11-22(28-30-14)27-24(29)16-9-10-21-19(13-16)26-23(15-5-4-6-17(25)12-15)18-7-2-3-8-20(18)31-21/h2-13H,1H3,(H,27,28,29). The van der Waals surface area contributed by atoms with E-state index in [1.165, 1.54) is 12.1 Å². The molecule has 5 rings (SSSR count). The third-order valence-electron chi connectivity index (χ3n) is 4.78. The van der Waals surface area contributed by atoms with Crippen molar-refractivity contribution in [1.82, 2.24) is 5.16 Å². The van der Waals surface area contributed by atoms with Crippen LogP contribution in [0.5, 0.6) is 0 Å². The molecule has 1 amide bonds. The number of nitrogens with one attached hydrogen (secondary N) is 1. The predicted octanol–water partition coefficient (Wildman–Crippen LogP) is 6.01. The Hall–Kier alpha value is -3.71. The monoisotopic (exact) mass is 429 g/mol. The molecule has 0 spiro atoms. The topological polar surface area (TPSA) is 67.5 Å². The molecule has 3 aromatic carbocycles. The van der Waals surface area contributed by atoms with Gasteiger partial charge in [-0.1, -0.05) is 47.3 Å². The minimum absolute atomic E-state index is 0.314. The molecule has 5 nitrogen and oxygen atoms in total. The molecular formula is C24H16FN3O2S. The zero-order valence-corrected chi connectivity index (χ0v) is 17.2. The van der Waals surface area contributed by atoms with E-state index < -0.39 is 0 Å². The van der Waals surface area contributed by atoms with Gasteiger partial charge >= 0.3 is 0 Å². The molecule has 0 bridgehead atoms. The highest BCUT2D eigenvalue weighted by atomic mass is 32.2. The third-order valence-corrected chi connectivity index (χ3v) is 5.92. The largest absolute Gasteiger partial charge is 0.360 e. The van der Waals surface area contributed by atoms with Crippen LogP contribution in [-0.4, -0.2) is 16.8 Å². The van der Waals surface area contributed by atoms with Gasteiger partial charge in [0.05, 0.1) is 11.4 Å². The Kier molecular flexibility index (Phi) is 4.88. The second-order valence-corrected chi connectivity index (χ2v) is 8.11. The first kappa shape index (κ1) is 19.3. The second-order valence-electron chi connectivity index (χ2n) is 7.03. The van der Waals surface area contributed by atoms with E-state index in [2.05, 4.69) is 10.5 Å². The highest BCUT2D eigenvalue weighted by Gasteiger charge is 2.20. The molecule has 152 valence electrons. The van der Waals surface area contributed by atoms with Crippen molar-refractivity contribution >= 4 is 34.9 Å². The Balaban J connectivity index is 1.59. The number of benzene rings is 3. The quantitative estimate of drug-likeness (QED) is 0.381. The van der Waals surface area contributed by atoms with E-state index in [1.54, 1.807) is 43.0 Å². The number of halogens is 1. The van der Waals surface area contributed by atoms with Crippen LogP contribution in [0, 0.1) is 12.7 Å². The number of fused-ring (bicyclic) bond motifs is 2. The summed E-state index contributed by atoms with van der Waals surface area (Å²) in [7, 11) is 0. The fraction of sp³-hybridized carbons (Fsp3) is 0.0417. The molecule has 0 aliphatic carbocycles. The lowest BCUT2D eigenvalue weighted by Crippen LogP contribution is -2.12. The lowest BCUT2D eigenvalue weighted by atomic mass is 10.0. The number of aryl methyl sites for hydroxylation is 1. The Labute approximate surface area is 182 Å². The van der Waals surface area contributed by atoms with Crippen molar-refractivity contribution in [3.05, 3.63) is 101 Å². The van der Waals surface area contributed by atoms with Crippen LogP contribution < -0.4 is 5.32 Å². The molecular weight excluding hydrogens is 413 g/mol. The molecule has 31 heavy (non-hydrogen) atoms. The molecule has 0 saturated heterocycles. The average molecular weight is 429 g/mol. The summed E-state index contributed by atoms with van der Waals surface area (Å²) in [6.45, 7) is 1.75. The van der Waals surface area contributed by atoms with Gasteiger partial charge in [-0.25, -0.2) is 9.38 Å². The van der Waals surface area contributed by atoms with Crippen LogP contribution in [0.15, 0.2) is 92.1 Å². The summed E-state index contributed by atoms with van der Waals surface area (Å²) in [5.74, 6) is 0.315. The third kappa shape index (κ3) is 3.87. The van der Waals surface area contributed by atoms with Crippen molar-refractivity contribution in [2.24, 2.45) is 4.99 Å². The van der Waals surface area contributed by atoms with Crippen LogP contribution in [0.3, 0.4) is 0 Å². The smallest absolute Gasteiger partial charge is 0.256 e. The Bertz CT molecular complexity index is 1350. The summed E-state index contributed by atoms with van der Waals surface area (Å²) >= 11 is 1.57. The number of amides is 1. The Morgan fingerprint density at radius 2 is 1.87 bits per heavy atom. The number of anilines is 1. The molecule has 0 saturated carbocycles. The predicted molar refractivity (Wildman–Crippen MR) is 118 cm³/mol. The van der Waals surface area contributed by atoms with Crippen LogP contribution >= 0.6 is 11.8 Å². The molecule has 1 aromatic heterocycles. The highest BCUT2D eigenvalue weighted by molar-refractivity contribution is 7.99. The number of rotatable bonds is 3. The molecule has 0 radical (unpaired) electrons. The van der Waals surface area contributed by atoms with Crippen LogP contribution in [0.4, 0.5) is 15.9 Å². The first-order chi connectivity index (χ1) is 15.1. The van der Waals surface area contributed by atoms with Crippen molar-refractivity contribution in [3.8, 4) is 0 Å². The first-order valence-electron chi connectivity index (χ1n) is 9.57. The molecule has 2 heterocycles. The number of nitrogens with zero attached hydrogens (tertiary/aromatic N) is 2. The van der Waals surface area contributed by atoms with Gasteiger partial charge in [-0.3, -0.25) is 4.79 Å². The Morgan fingerprint density at radius 3 is 2.68 bits per heavy atom. The highest BCUT2D eigenvalue weighted by Crippen LogP contribution is 2.41. The normalized spacial score (nSPS) is 12.4. The summed E-state index contributed by atoms with van der Waals surface area (Å²) in [6.07, 6.45) is 0. The minimum Gasteiger partial charge on any atom is -0.360 e. The van der Waals surface area contributed by atoms with E-state index in [0.717, 1.165) is 15.4 Å². The fourth-order valence-corrected chi connectivity index (χ4v) is 4.36. The van der Waals surface area contributed by atoms with Crippen molar-refractivity contribution in [3.63, 3.8) is 0 Å². The van der Waals surface area contributed by atoms with Crippen molar-refractivity contribution in [2.45, 2.75) is 16.7 Å². The van der Waals surface area contributed by atoms with Crippen LogP contribution in [0.1, 0.15) is 27.2 Å². The molecule has 4 aromatic rings. The van der Waals surface area contributed by atoms with E-state index in [4.69, 9.17) is 9.52 Å². The fourth-order valence-electron chi connectivity index (χ4n) is 3.35. The summed E-state index contributed by atoms with van der Waals surface area (Å²) in [6, 6.07) is 21.2. The number of aliphatic imine (C=N–C) groups is 1. The van der Waals surface area contributed by atoms with Crippen molar-refractivity contribution in [1.29, 1.82) is 0 Å². The van der Waals surface area contributed by atoms with Gasteiger partial charge in [-0.2, -0.15) is 0 Å². The molecule has 1 N–H and O–H groups in total. The van der Waals surface area contributed by atoms with Gasteiger partial charge in [0, 0.05) is 32.5 Å². The summed E-state index contributed by atoms with van der Waals surface area (Å²) in [5.41, 5.74) is 3.33. The van der Waals surface area contributed by atoms with E-state index in [0.29, 0.717) is 34.1 Å². The van der Waals surface area contributed by atoms with E-state index in [9.17, 15) is 9.18 Å². The first-order valence-corrected chi connectivity index (χ1v) is 10.4. The van der Waals surface area contributed by atoms with Gasteiger partial charge in [-0.05, 0) is 43.3 Å². The summed E-state index contributed by atoms with van der Waals surface area (Å²) in [5, 5.41) is 6.52. The van der Waals surface area contributed by atoms with Gasteiger partial charge < -0.3 is 9.84 Å². The zero-order valence-electron chi connectivity index (χ0n) is 16.4. The SMILES string of the molecule is Cc1cc(NC(=O)c2ccc3c(c2)N=C(c2cccc(F)c2)c2ccccc2S3)no1. The Morgan fingerprint density at radius 1 is 1.00 bits per heavy atom. The van der Waals surface area contributed by atoms with Gasteiger partial charge in [0.1, 0.15) is 11.6 Å². The van der Waals surface area contributed by atoms with E-state index in [-0.39, 0.29) is 11.7 Å². The van der Waals surface area contributed by atoms with Crippen LogP contribution in [0.25, 0.3) is 0 Å². The van der Waals surface area contributed by atoms with Crippen LogP contribution in [-0.2, 0) is 0 Å². The van der Waals surface area contributed by atoms with Gasteiger partial charge in [0.2, 0.25) is 0 Å². The minimum atomic E-state index is -0.328. The molecule has 7 heteroatoms. The molecule has 0 atom stereocenters. The second kappa shape index (κ2) is 7.85. The summed E-state index contributed by atoms with van der Waals surface area (Å²) < 4.78 is 18.9. The van der Waals surface area contributed by atoms with Gasteiger partial charge in [0.15, 0.2) is 5.82 Å². The zero-order chi connectivity index (χ0) is 21.4. The molecule has 0 fully saturated rings. The molecule has 1 aliphatic heterocycles. The number of carbonyl (C=O) groups excluding carboxylic acids is 1. The lowest BCUT2D eigenvalue weighted by molar-refractivity contribution is 0.102. The van der Waals surface area contributed by atoms with E-state index in [1.807, 2.05) is 36.4 Å². The van der Waals surface area contributed by atoms with Crippen LogP contribution in [0.2, 0.25) is 0 Å². The van der Waals surface area contributed by atoms with Crippen molar-refractivity contribution in [2.75, 3.05) is 5.32 Å². The number of hydrogen-bond donors (Lipinski definition) is 1. The maximum Gasteiger partial charge on any atom is 0.256 e. The summed E-state index contributed by atoms with van der Waals surface area (Å²) in [4.78, 5) is 19.5. The van der Waals surface area contributed by atoms with Gasteiger partial charge in [-0.15, -0.1) is 0 Å². The van der Waals surface area contributed by atoms with Crippen molar-refractivity contribution < 1.29 is 13.7 Å². The maximum atomic E-state index is 13.9. The molecule has 1 aliphatic rings. The number of aromatic nitrogens is 1. The van der Waals surface area contributed by atoms with E-state index >= 15 is 0 Å². The number of hydrogen-bond acceptors (Lipinski definition) is 5. The maximum absolute atomic E-state index is 13.9. The van der Waals surface area contributed by atoms with Gasteiger partial charge in [0.25, 0.3) is 5.91 Å².